The number of pyridine rings is 1. The van der Waals surface area contributed by atoms with Gasteiger partial charge in [0.05, 0.1) is 12.8 Å². The van der Waals surface area contributed by atoms with Gasteiger partial charge in [0.1, 0.15) is 29.0 Å². The summed E-state index contributed by atoms with van der Waals surface area (Å²) in [7, 11) is 0. The Morgan fingerprint density at radius 1 is 1.06 bits per heavy atom. The lowest BCUT2D eigenvalue weighted by atomic mass is 10.0. The van der Waals surface area contributed by atoms with E-state index in [9.17, 15) is 18.0 Å². The van der Waals surface area contributed by atoms with Gasteiger partial charge in [0, 0.05) is 29.5 Å². The molecule has 2 aliphatic rings. The molecule has 3 unspecified atom stereocenters. The van der Waals surface area contributed by atoms with E-state index < -0.39 is 23.5 Å². The normalized spacial score (nSPS) is 20.7. The molecule has 1 aliphatic carbocycles. The number of anilines is 1. The molecular formula is C22H16F3N3O3. The van der Waals surface area contributed by atoms with Crippen molar-refractivity contribution in [1.29, 1.82) is 0 Å². The molecule has 2 N–H and O–H groups in total. The van der Waals surface area contributed by atoms with Crippen molar-refractivity contribution in [3.8, 4) is 17.2 Å². The fraction of sp³-hybridized carbons (Fsp3) is 0.182. The van der Waals surface area contributed by atoms with Crippen molar-refractivity contribution in [2.75, 3.05) is 11.9 Å². The van der Waals surface area contributed by atoms with Crippen molar-refractivity contribution in [1.82, 2.24) is 10.3 Å². The second-order valence-corrected chi connectivity index (χ2v) is 7.34. The van der Waals surface area contributed by atoms with Crippen LogP contribution >= 0.6 is 0 Å². The van der Waals surface area contributed by atoms with Gasteiger partial charge in [-0.05, 0) is 36.4 Å². The molecule has 6 nitrogen and oxygen atoms in total. The van der Waals surface area contributed by atoms with Crippen LogP contribution < -0.4 is 20.1 Å². The predicted octanol–water partition coefficient (Wildman–Crippen LogP) is 4.59. The SMILES string of the molecule is O=C(Nc1ccc(Oc2cccc(F)c2)cn1)NC1C2COc3c(F)ccc(F)c3C21. The minimum atomic E-state index is -0.616. The second kappa shape index (κ2) is 7.50. The summed E-state index contributed by atoms with van der Waals surface area (Å²) in [4.78, 5) is 16.4. The lowest BCUT2D eigenvalue weighted by molar-refractivity contribution is 0.247. The largest absolute Gasteiger partial charge is 0.490 e. The van der Waals surface area contributed by atoms with Crippen LogP contribution in [0, 0.1) is 23.4 Å². The Labute approximate surface area is 175 Å². The number of ether oxygens (including phenoxy) is 2. The summed E-state index contributed by atoms with van der Waals surface area (Å²) in [5.74, 6) is -1.16. The molecule has 0 saturated heterocycles. The van der Waals surface area contributed by atoms with E-state index in [1.165, 1.54) is 30.5 Å². The predicted molar refractivity (Wildman–Crippen MR) is 105 cm³/mol. The quantitative estimate of drug-likeness (QED) is 0.639. The molecular weight excluding hydrogens is 411 g/mol. The van der Waals surface area contributed by atoms with Crippen LogP contribution in [0.3, 0.4) is 0 Å². The summed E-state index contributed by atoms with van der Waals surface area (Å²) in [6.45, 7) is 0.202. The van der Waals surface area contributed by atoms with Crippen LogP contribution in [0.25, 0.3) is 0 Å². The number of fused-ring (bicyclic) bond motifs is 3. The number of urea groups is 1. The van der Waals surface area contributed by atoms with E-state index in [0.717, 1.165) is 12.1 Å². The van der Waals surface area contributed by atoms with Crippen molar-refractivity contribution < 1.29 is 27.4 Å². The third-order valence-electron chi connectivity index (χ3n) is 5.32. The minimum Gasteiger partial charge on any atom is -0.490 e. The first-order valence-electron chi connectivity index (χ1n) is 9.57. The summed E-state index contributed by atoms with van der Waals surface area (Å²) in [5, 5.41) is 5.35. The van der Waals surface area contributed by atoms with E-state index in [2.05, 4.69) is 15.6 Å². The summed E-state index contributed by atoms with van der Waals surface area (Å²) in [6, 6.07) is 9.98. The van der Waals surface area contributed by atoms with Crippen molar-refractivity contribution in [2.24, 2.45) is 5.92 Å². The molecule has 0 spiro atoms. The Kier molecular flexibility index (Phi) is 4.65. The molecule has 5 rings (SSSR count). The Hall–Kier alpha value is -3.75. The number of halogens is 3. The van der Waals surface area contributed by atoms with Gasteiger partial charge in [-0.25, -0.2) is 22.9 Å². The van der Waals surface area contributed by atoms with Crippen molar-refractivity contribution in [2.45, 2.75) is 12.0 Å². The van der Waals surface area contributed by atoms with Crippen LogP contribution in [-0.2, 0) is 0 Å². The molecule has 1 fully saturated rings. The fourth-order valence-electron chi connectivity index (χ4n) is 3.84. The molecule has 2 heterocycles. The number of rotatable bonds is 4. The number of amides is 2. The van der Waals surface area contributed by atoms with Gasteiger partial charge in [-0.3, -0.25) is 5.32 Å². The van der Waals surface area contributed by atoms with E-state index in [0.29, 0.717) is 11.5 Å². The van der Waals surface area contributed by atoms with Gasteiger partial charge >= 0.3 is 6.03 Å². The van der Waals surface area contributed by atoms with Crippen LogP contribution in [0.4, 0.5) is 23.8 Å². The Balaban J connectivity index is 1.20. The fourth-order valence-corrected chi connectivity index (χ4v) is 3.84. The first kappa shape index (κ1) is 19.2. The second-order valence-electron chi connectivity index (χ2n) is 7.34. The van der Waals surface area contributed by atoms with Gasteiger partial charge in [0.2, 0.25) is 0 Å². The van der Waals surface area contributed by atoms with E-state index >= 15 is 0 Å². The number of hydrogen-bond donors (Lipinski definition) is 2. The smallest absolute Gasteiger partial charge is 0.320 e. The zero-order valence-corrected chi connectivity index (χ0v) is 15.9. The zero-order valence-electron chi connectivity index (χ0n) is 15.9. The maximum atomic E-state index is 14.2. The van der Waals surface area contributed by atoms with E-state index in [4.69, 9.17) is 9.47 Å². The van der Waals surface area contributed by atoms with E-state index in [-0.39, 0.29) is 41.6 Å². The minimum absolute atomic E-state index is 0.0819. The van der Waals surface area contributed by atoms with Crippen molar-refractivity contribution >= 4 is 11.8 Å². The lowest BCUT2D eigenvalue weighted by Crippen LogP contribution is -2.32. The molecule has 2 aromatic carbocycles. The molecule has 1 saturated carbocycles. The molecule has 1 aliphatic heterocycles. The summed E-state index contributed by atoms with van der Waals surface area (Å²) in [6.07, 6.45) is 1.39. The molecule has 0 radical (unpaired) electrons. The topological polar surface area (TPSA) is 72.5 Å². The molecule has 3 aromatic rings. The number of nitrogens with zero attached hydrogens (tertiary/aromatic N) is 1. The number of benzene rings is 2. The standard InChI is InChI=1S/C22H16F3N3O3/c23-11-2-1-3-12(8-11)31-13-4-7-17(26-9-13)27-22(29)28-20-14-10-30-21-16(25)6-5-15(24)19(21)18(14)20/h1-9,14,18,20H,10H2,(H2,26,27,28,29). The molecule has 158 valence electrons. The average molecular weight is 427 g/mol. The summed E-state index contributed by atoms with van der Waals surface area (Å²) in [5.41, 5.74) is 0.165. The van der Waals surface area contributed by atoms with Gasteiger partial charge in [0.25, 0.3) is 0 Å². The lowest BCUT2D eigenvalue weighted by Gasteiger charge is -2.16. The maximum Gasteiger partial charge on any atom is 0.320 e. The van der Waals surface area contributed by atoms with E-state index in [1.54, 1.807) is 12.1 Å². The van der Waals surface area contributed by atoms with Gasteiger partial charge < -0.3 is 14.8 Å². The monoisotopic (exact) mass is 427 g/mol. The number of carbonyl (C=O) groups excluding carboxylic acids is 1. The third-order valence-corrected chi connectivity index (χ3v) is 5.32. The number of carbonyl (C=O) groups is 1. The van der Waals surface area contributed by atoms with Gasteiger partial charge in [-0.2, -0.15) is 0 Å². The van der Waals surface area contributed by atoms with Crippen LogP contribution in [-0.4, -0.2) is 23.7 Å². The molecule has 3 atom stereocenters. The summed E-state index contributed by atoms with van der Waals surface area (Å²) >= 11 is 0. The number of aromatic nitrogens is 1. The van der Waals surface area contributed by atoms with Gasteiger partial charge in [-0.15, -0.1) is 0 Å². The first-order chi connectivity index (χ1) is 15.0. The van der Waals surface area contributed by atoms with Gasteiger partial charge in [-0.1, -0.05) is 6.07 Å². The third kappa shape index (κ3) is 3.74. The highest BCUT2D eigenvalue weighted by Crippen LogP contribution is 2.55. The molecule has 0 bridgehead atoms. The molecule has 2 amide bonds. The summed E-state index contributed by atoms with van der Waals surface area (Å²) < 4.78 is 52.1. The number of hydrogen-bond acceptors (Lipinski definition) is 4. The van der Waals surface area contributed by atoms with E-state index in [1.807, 2.05) is 0 Å². The highest BCUT2D eigenvalue weighted by molar-refractivity contribution is 5.89. The highest BCUT2D eigenvalue weighted by atomic mass is 19.1. The van der Waals surface area contributed by atoms with Crippen LogP contribution in [0.1, 0.15) is 11.5 Å². The van der Waals surface area contributed by atoms with Crippen LogP contribution in [0.5, 0.6) is 17.2 Å². The molecule has 9 heteroatoms. The average Bonchev–Trinajstić information content (AvgIpc) is 3.44. The van der Waals surface area contributed by atoms with Crippen molar-refractivity contribution in [3.05, 3.63) is 77.7 Å². The highest BCUT2D eigenvalue weighted by Gasteiger charge is 2.57. The van der Waals surface area contributed by atoms with Crippen LogP contribution in [0.15, 0.2) is 54.7 Å². The van der Waals surface area contributed by atoms with Gasteiger partial charge in [0.15, 0.2) is 11.6 Å². The zero-order chi connectivity index (χ0) is 21.5. The molecule has 31 heavy (non-hydrogen) atoms. The Bertz CT molecular complexity index is 1160. The van der Waals surface area contributed by atoms with Crippen molar-refractivity contribution in [3.63, 3.8) is 0 Å². The molecule has 1 aromatic heterocycles. The number of nitrogens with one attached hydrogen (secondary N) is 2. The Morgan fingerprint density at radius 3 is 2.68 bits per heavy atom. The first-order valence-corrected chi connectivity index (χ1v) is 9.57. The van der Waals surface area contributed by atoms with Crippen LogP contribution in [0.2, 0.25) is 0 Å². The Morgan fingerprint density at radius 2 is 1.90 bits per heavy atom. The maximum absolute atomic E-state index is 14.2.